The smallest absolute Gasteiger partial charge is 0.203 e. The average Bonchev–Trinajstić information content (AvgIpc) is 3.05. The molecule has 0 aliphatic heterocycles. The minimum atomic E-state index is 0.624. The summed E-state index contributed by atoms with van der Waals surface area (Å²) in [5.41, 5.74) is 1.52. The monoisotopic (exact) mass is 259 g/mol. The Morgan fingerprint density at radius 1 is 1.42 bits per heavy atom. The van der Waals surface area contributed by atoms with Gasteiger partial charge in [-0.05, 0) is 0 Å². The molecule has 0 spiro atoms. The SMILES string of the molecule is COCCn1cc(Nc2nccn3cnnc23)cn1. The summed E-state index contributed by atoms with van der Waals surface area (Å²) in [5.74, 6) is 0.645. The van der Waals surface area contributed by atoms with Crippen LogP contribution in [0.4, 0.5) is 11.5 Å². The topological polar surface area (TPSA) is 82.2 Å². The predicted octanol–water partition coefficient (Wildman–Crippen LogP) is 0.711. The molecule has 0 amide bonds. The van der Waals surface area contributed by atoms with Crippen LogP contribution in [0.1, 0.15) is 0 Å². The molecule has 3 rings (SSSR count). The summed E-state index contributed by atoms with van der Waals surface area (Å²) in [6.45, 7) is 1.33. The van der Waals surface area contributed by atoms with Crippen LogP contribution in [0.25, 0.3) is 5.65 Å². The van der Waals surface area contributed by atoms with Gasteiger partial charge in [-0.25, -0.2) is 4.98 Å². The van der Waals surface area contributed by atoms with E-state index in [9.17, 15) is 0 Å². The van der Waals surface area contributed by atoms with Crippen molar-refractivity contribution < 1.29 is 4.74 Å². The van der Waals surface area contributed by atoms with Crippen LogP contribution >= 0.6 is 0 Å². The molecule has 0 atom stereocenters. The number of fused-ring (bicyclic) bond motifs is 1. The number of nitrogens with zero attached hydrogens (tertiary/aromatic N) is 6. The fraction of sp³-hybridized carbons (Fsp3) is 0.273. The molecule has 0 bridgehead atoms. The fourth-order valence-corrected chi connectivity index (χ4v) is 1.72. The van der Waals surface area contributed by atoms with E-state index in [1.54, 1.807) is 41.1 Å². The van der Waals surface area contributed by atoms with E-state index in [4.69, 9.17) is 4.74 Å². The second kappa shape index (κ2) is 5.02. The Morgan fingerprint density at radius 3 is 3.26 bits per heavy atom. The second-order valence-electron chi connectivity index (χ2n) is 3.95. The summed E-state index contributed by atoms with van der Waals surface area (Å²) in [7, 11) is 1.67. The third-order valence-corrected chi connectivity index (χ3v) is 2.64. The summed E-state index contributed by atoms with van der Waals surface area (Å²) in [4.78, 5) is 4.25. The van der Waals surface area contributed by atoms with Crippen molar-refractivity contribution in [1.82, 2.24) is 29.4 Å². The van der Waals surface area contributed by atoms with Gasteiger partial charge in [0.2, 0.25) is 5.65 Å². The maximum Gasteiger partial charge on any atom is 0.203 e. The minimum absolute atomic E-state index is 0.624. The standard InChI is InChI=1S/C11H13N7O/c1-19-5-4-18-7-9(6-14-18)15-10-11-16-13-8-17(11)3-2-12-10/h2-3,6-8H,4-5H2,1H3,(H,12,15). The number of rotatable bonds is 5. The lowest BCUT2D eigenvalue weighted by Crippen LogP contribution is -2.04. The van der Waals surface area contributed by atoms with Gasteiger partial charge in [0.25, 0.3) is 0 Å². The van der Waals surface area contributed by atoms with Crippen molar-refractivity contribution in [2.45, 2.75) is 6.54 Å². The van der Waals surface area contributed by atoms with Crippen molar-refractivity contribution in [3.8, 4) is 0 Å². The lowest BCUT2D eigenvalue weighted by atomic mass is 10.5. The van der Waals surface area contributed by atoms with Crippen molar-refractivity contribution in [1.29, 1.82) is 0 Å². The van der Waals surface area contributed by atoms with Gasteiger partial charge in [-0.15, -0.1) is 10.2 Å². The molecule has 98 valence electrons. The molecule has 0 saturated carbocycles. The van der Waals surface area contributed by atoms with Crippen LogP contribution in [-0.2, 0) is 11.3 Å². The highest BCUT2D eigenvalue weighted by Crippen LogP contribution is 2.16. The molecule has 3 aromatic heterocycles. The summed E-state index contributed by atoms with van der Waals surface area (Å²) < 4.78 is 8.60. The number of methoxy groups -OCH3 is 1. The van der Waals surface area contributed by atoms with Gasteiger partial charge in [0.05, 0.1) is 25.0 Å². The summed E-state index contributed by atoms with van der Waals surface area (Å²) in [6.07, 6.45) is 8.73. The number of hydrogen-bond donors (Lipinski definition) is 1. The molecule has 0 aromatic carbocycles. The summed E-state index contributed by atoms with van der Waals surface area (Å²) in [6, 6.07) is 0. The molecule has 8 heteroatoms. The molecular formula is C11H13N7O. The van der Waals surface area contributed by atoms with Crippen LogP contribution < -0.4 is 5.32 Å². The molecule has 0 unspecified atom stereocenters. The number of ether oxygens (including phenoxy) is 1. The van der Waals surface area contributed by atoms with Crippen LogP contribution in [0.5, 0.6) is 0 Å². The summed E-state index contributed by atoms with van der Waals surface area (Å²) >= 11 is 0. The van der Waals surface area contributed by atoms with E-state index in [1.807, 2.05) is 6.20 Å². The number of hydrogen-bond acceptors (Lipinski definition) is 6. The zero-order chi connectivity index (χ0) is 13.1. The first kappa shape index (κ1) is 11.6. The minimum Gasteiger partial charge on any atom is -0.383 e. The first-order valence-corrected chi connectivity index (χ1v) is 5.79. The molecule has 19 heavy (non-hydrogen) atoms. The van der Waals surface area contributed by atoms with Crippen molar-refractivity contribution in [2.24, 2.45) is 0 Å². The van der Waals surface area contributed by atoms with Gasteiger partial charge in [0, 0.05) is 25.7 Å². The third kappa shape index (κ3) is 2.38. The Balaban J connectivity index is 1.81. The van der Waals surface area contributed by atoms with Gasteiger partial charge in [0.15, 0.2) is 5.82 Å². The number of anilines is 2. The molecule has 0 fully saturated rings. The maximum absolute atomic E-state index is 5.01. The number of aromatic nitrogens is 6. The molecule has 3 heterocycles. The van der Waals surface area contributed by atoms with E-state index < -0.39 is 0 Å². The van der Waals surface area contributed by atoms with E-state index in [-0.39, 0.29) is 0 Å². The van der Waals surface area contributed by atoms with Crippen LogP contribution in [0.15, 0.2) is 31.1 Å². The Hall–Kier alpha value is -2.48. The first-order chi connectivity index (χ1) is 9.36. The molecular weight excluding hydrogens is 246 g/mol. The lowest BCUT2D eigenvalue weighted by Gasteiger charge is -2.03. The normalized spacial score (nSPS) is 11.0. The zero-order valence-corrected chi connectivity index (χ0v) is 10.4. The van der Waals surface area contributed by atoms with Crippen LogP contribution in [0.3, 0.4) is 0 Å². The average molecular weight is 259 g/mol. The largest absolute Gasteiger partial charge is 0.383 e. The van der Waals surface area contributed by atoms with E-state index in [0.29, 0.717) is 24.6 Å². The van der Waals surface area contributed by atoms with E-state index in [0.717, 1.165) is 5.69 Å². The molecule has 8 nitrogen and oxygen atoms in total. The lowest BCUT2D eigenvalue weighted by molar-refractivity contribution is 0.183. The maximum atomic E-state index is 5.01. The second-order valence-corrected chi connectivity index (χ2v) is 3.95. The highest BCUT2D eigenvalue weighted by atomic mass is 16.5. The van der Waals surface area contributed by atoms with E-state index >= 15 is 0 Å². The quantitative estimate of drug-likeness (QED) is 0.726. The zero-order valence-electron chi connectivity index (χ0n) is 10.4. The Bertz CT molecular complexity index is 674. The first-order valence-electron chi connectivity index (χ1n) is 5.79. The van der Waals surface area contributed by atoms with Gasteiger partial charge >= 0.3 is 0 Å². The van der Waals surface area contributed by atoms with Gasteiger partial charge in [-0.2, -0.15) is 5.10 Å². The Kier molecular flexibility index (Phi) is 3.07. The molecule has 0 aliphatic carbocycles. The van der Waals surface area contributed by atoms with Crippen molar-refractivity contribution in [3.05, 3.63) is 31.1 Å². The summed E-state index contributed by atoms with van der Waals surface area (Å²) in [5, 5.41) is 15.2. The molecule has 1 N–H and O–H groups in total. The highest BCUT2D eigenvalue weighted by molar-refractivity contribution is 5.68. The van der Waals surface area contributed by atoms with Gasteiger partial charge in [-0.3, -0.25) is 9.08 Å². The van der Waals surface area contributed by atoms with Crippen molar-refractivity contribution >= 4 is 17.2 Å². The van der Waals surface area contributed by atoms with Crippen LogP contribution in [0.2, 0.25) is 0 Å². The molecule has 3 aromatic rings. The van der Waals surface area contributed by atoms with Gasteiger partial charge < -0.3 is 10.1 Å². The van der Waals surface area contributed by atoms with Crippen molar-refractivity contribution in [2.75, 3.05) is 19.0 Å². The van der Waals surface area contributed by atoms with Gasteiger partial charge in [-0.1, -0.05) is 0 Å². The predicted molar refractivity (Wildman–Crippen MR) is 68.2 cm³/mol. The van der Waals surface area contributed by atoms with Gasteiger partial charge in [0.1, 0.15) is 6.33 Å². The fourth-order valence-electron chi connectivity index (χ4n) is 1.72. The molecule has 0 saturated heterocycles. The van der Waals surface area contributed by atoms with Crippen LogP contribution in [-0.4, -0.2) is 43.1 Å². The molecule has 0 aliphatic rings. The molecule has 0 radical (unpaired) electrons. The van der Waals surface area contributed by atoms with E-state index in [1.165, 1.54) is 0 Å². The van der Waals surface area contributed by atoms with Crippen LogP contribution in [0, 0.1) is 0 Å². The number of nitrogens with one attached hydrogen (secondary N) is 1. The Labute approximate surface area is 109 Å². The third-order valence-electron chi connectivity index (χ3n) is 2.64. The van der Waals surface area contributed by atoms with E-state index in [2.05, 4.69) is 25.6 Å². The van der Waals surface area contributed by atoms with Crippen molar-refractivity contribution in [3.63, 3.8) is 0 Å². The highest BCUT2D eigenvalue weighted by Gasteiger charge is 2.06. The Morgan fingerprint density at radius 2 is 2.37 bits per heavy atom.